The lowest BCUT2D eigenvalue weighted by molar-refractivity contribution is -0.291. The van der Waals surface area contributed by atoms with Crippen molar-refractivity contribution in [1.82, 2.24) is 0 Å². The van der Waals surface area contributed by atoms with Crippen molar-refractivity contribution in [1.29, 1.82) is 0 Å². The van der Waals surface area contributed by atoms with E-state index in [9.17, 15) is 25.5 Å². The van der Waals surface area contributed by atoms with E-state index in [1.165, 1.54) is 0 Å². The van der Waals surface area contributed by atoms with Crippen LogP contribution in [0.15, 0.2) is 0 Å². The Morgan fingerprint density at radius 2 is 1.31 bits per heavy atom. The van der Waals surface area contributed by atoms with Crippen LogP contribution in [0, 0.1) is 0 Å². The summed E-state index contributed by atoms with van der Waals surface area (Å²) in [6.07, 6.45) is -11.6. The zero-order chi connectivity index (χ0) is 30.5. The molecule has 3 heterocycles. The maximum absolute atomic E-state index is 11.2. The molecule has 17 atom stereocenters. The van der Waals surface area contributed by atoms with E-state index < -0.39 is 110 Å². The Kier molecular flexibility index (Phi) is 10.1. The monoisotopic (exact) mass is 608 g/mol. The average Bonchev–Trinajstić information content (AvgIpc) is 3.65. The third-order valence-corrected chi connectivity index (χ3v) is 9.27. The molecule has 5 aliphatic rings. The van der Waals surface area contributed by atoms with E-state index in [0.29, 0.717) is 12.8 Å². The molecule has 0 radical (unpaired) electrons. The van der Waals surface area contributed by atoms with Crippen LogP contribution in [0.3, 0.4) is 0 Å². The van der Waals surface area contributed by atoms with Gasteiger partial charge in [0.05, 0.1) is 30.9 Å². The van der Waals surface area contributed by atoms with Crippen molar-refractivity contribution >= 4 is 0 Å². The number of hydrogen-bond donors (Lipinski definition) is 11. The Morgan fingerprint density at radius 1 is 0.667 bits per heavy atom. The maximum atomic E-state index is 11.2. The molecule has 3 saturated heterocycles. The molecule has 0 spiro atoms. The molecular weight excluding hydrogens is 560 g/mol. The summed E-state index contributed by atoms with van der Waals surface area (Å²) in [7, 11) is 0. The molecule has 2 aliphatic carbocycles. The van der Waals surface area contributed by atoms with Crippen LogP contribution in [0.4, 0.5) is 0 Å². The minimum Gasteiger partial charge on any atom is -0.394 e. The molecule has 5 rings (SSSR count). The summed E-state index contributed by atoms with van der Waals surface area (Å²) in [4.78, 5) is 0. The van der Waals surface area contributed by atoms with Gasteiger partial charge < -0.3 is 88.4 Å². The van der Waals surface area contributed by atoms with Crippen LogP contribution in [0.2, 0.25) is 0 Å². The molecule has 17 N–H and O–H groups in total. The summed E-state index contributed by atoms with van der Waals surface area (Å²) in [6.45, 7) is -0.721. The lowest BCUT2D eigenvalue weighted by Gasteiger charge is -2.46. The van der Waals surface area contributed by atoms with Gasteiger partial charge >= 0.3 is 0 Å². The molecule has 244 valence electrons. The Hall–Kier alpha value is -0.680. The van der Waals surface area contributed by atoms with Gasteiger partial charge in [0.15, 0.2) is 18.9 Å². The summed E-state index contributed by atoms with van der Waals surface area (Å²) < 4.78 is 35.7. The Labute approximate surface area is 243 Å². The summed E-state index contributed by atoms with van der Waals surface area (Å²) >= 11 is 0. The fourth-order valence-electron chi connectivity index (χ4n) is 6.31. The highest BCUT2D eigenvalue weighted by molar-refractivity contribution is 5.07. The molecule has 17 nitrogen and oxygen atoms in total. The van der Waals surface area contributed by atoms with Gasteiger partial charge in [-0.15, -0.1) is 0 Å². The first-order chi connectivity index (χ1) is 19.9. The number of aliphatic hydroxyl groups excluding tert-OH is 5. The highest BCUT2D eigenvalue weighted by Crippen LogP contribution is 2.42. The van der Waals surface area contributed by atoms with E-state index in [1.54, 1.807) is 0 Å². The van der Waals surface area contributed by atoms with Crippen LogP contribution < -0.4 is 34.4 Å². The van der Waals surface area contributed by atoms with Crippen LogP contribution in [-0.4, -0.2) is 148 Å². The van der Waals surface area contributed by atoms with Crippen LogP contribution in [0.1, 0.15) is 32.1 Å². The minimum absolute atomic E-state index is 0.132. The van der Waals surface area contributed by atoms with Gasteiger partial charge in [0.25, 0.3) is 0 Å². The fourth-order valence-corrected chi connectivity index (χ4v) is 6.31. The van der Waals surface area contributed by atoms with Gasteiger partial charge in [0, 0.05) is 24.2 Å². The first-order valence-electron chi connectivity index (χ1n) is 14.7. The molecule has 2 saturated carbocycles. The van der Waals surface area contributed by atoms with Crippen LogP contribution >= 0.6 is 0 Å². The molecule has 0 aromatic carbocycles. The van der Waals surface area contributed by atoms with Gasteiger partial charge in [-0.2, -0.15) is 0 Å². The number of hydrogen-bond acceptors (Lipinski definition) is 17. The minimum atomic E-state index is -1.52. The van der Waals surface area contributed by atoms with Crippen LogP contribution in [0.5, 0.6) is 0 Å². The molecule has 0 aromatic rings. The summed E-state index contributed by atoms with van der Waals surface area (Å²) in [5.41, 5.74) is 36.5. The maximum Gasteiger partial charge on any atom is 0.187 e. The van der Waals surface area contributed by atoms with Gasteiger partial charge in [-0.25, -0.2) is 0 Å². The second-order valence-corrected chi connectivity index (χ2v) is 12.4. The van der Waals surface area contributed by atoms with Crippen molar-refractivity contribution in [2.24, 2.45) is 34.4 Å². The number of rotatable bonds is 9. The highest BCUT2D eigenvalue weighted by atomic mass is 16.8. The number of ether oxygens (including phenoxy) is 6. The van der Waals surface area contributed by atoms with Gasteiger partial charge in [-0.3, -0.25) is 0 Å². The first-order valence-corrected chi connectivity index (χ1v) is 14.7. The standard InChI is InChI=1S/C25H48N6O11/c26-6-11-16(34)17(35)14(30)23(37-11)41-20-12(7-32)38-24(18(20)36)42-21-15(33)9(28)5-10(29)19(21)40-22-8(27)1-2-13(39-22)25(31)3-4-25/h8-24,32-36H,1-7,26-31H2/t8-,9-,10+,11+,12-,13+,14-,15+,16-,17-,18-,19-,20-,21-,22-,23-,24+/m1/s1. The zero-order valence-electron chi connectivity index (χ0n) is 23.4. The summed E-state index contributed by atoms with van der Waals surface area (Å²) in [6, 6.07) is -3.13. The summed E-state index contributed by atoms with van der Waals surface area (Å²) in [5.74, 6) is 0. The smallest absolute Gasteiger partial charge is 0.187 e. The van der Waals surface area contributed by atoms with Crippen LogP contribution in [-0.2, 0) is 28.4 Å². The van der Waals surface area contributed by atoms with Crippen molar-refractivity contribution in [2.75, 3.05) is 13.2 Å². The lowest BCUT2D eigenvalue weighted by Crippen LogP contribution is -2.66. The molecule has 0 aromatic heterocycles. The number of aliphatic hydroxyl groups is 5. The predicted octanol–water partition coefficient (Wildman–Crippen LogP) is -6.30. The van der Waals surface area contributed by atoms with E-state index in [4.69, 9.17) is 62.8 Å². The predicted molar refractivity (Wildman–Crippen MR) is 143 cm³/mol. The van der Waals surface area contributed by atoms with Crippen molar-refractivity contribution < 1.29 is 54.0 Å². The van der Waals surface area contributed by atoms with Gasteiger partial charge in [0.2, 0.25) is 0 Å². The Bertz CT molecular complexity index is 907. The van der Waals surface area contributed by atoms with E-state index in [1.807, 2.05) is 0 Å². The quantitative estimate of drug-likeness (QED) is 0.116. The molecule has 42 heavy (non-hydrogen) atoms. The van der Waals surface area contributed by atoms with Crippen LogP contribution in [0.25, 0.3) is 0 Å². The molecule has 17 heteroatoms. The summed E-state index contributed by atoms with van der Waals surface area (Å²) in [5, 5.41) is 52.7. The molecular formula is C25H48N6O11. The highest BCUT2D eigenvalue weighted by Gasteiger charge is 2.54. The zero-order valence-corrected chi connectivity index (χ0v) is 23.4. The lowest BCUT2D eigenvalue weighted by atomic mass is 9.84. The van der Waals surface area contributed by atoms with E-state index >= 15 is 0 Å². The topological polar surface area (TPSA) is 313 Å². The Balaban J connectivity index is 1.29. The van der Waals surface area contributed by atoms with Crippen molar-refractivity contribution in [3.8, 4) is 0 Å². The van der Waals surface area contributed by atoms with E-state index in [-0.39, 0.29) is 19.1 Å². The van der Waals surface area contributed by atoms with Crippen molar-refractivity contribution in [3.63, 3.8) is 0 Å². The second-order valence-electron chi connectivity index (χ2n) is 12.4. The van der Waals surface area contributed by atoms with Gasteiger partial charge in [-0.1, -0.05) is 0 Å². The van der Waals surface area contributed by atoms with Crippen molar-refractivity contribution in [2.45, 2.75) is 142 Å². The second kappa shape index (κ2) is 13.0. The number of nitrogens with two attached hydrogens (primary N) is 6. The average molecular weight is 609 g/mol. The van der Waals surface area contributed by atoms with Gasteiger partial charge in [0.1, 0.15) is 48.8 Å². The SMILES string of the molecule is NC[C@@H]1O[C@H](O[C@H]2[C@@H](O)[C@H](O[C@@H]3[C@@H](O)[C@H](N)C[C@H](N)[C@H]3O[C@H]3O[C@H](C4(N)CC4)CC[C@H]3N)O[C@@H]2CO)[C@H](N)[C@@H](O)[C@@H]1O. The van der Waals surface area contributed by atoms with Gasteiger partial charge in [-0.05, 0) is 32.1 Å². The third kappa shape index (κ3) is 6.35. The molecule has 3 aliphatic heterocycles. The van der Waals surface area contributed by atoms with E-state index in [0.717, 1.165) is 12.8 Å². The van der Waals surface area contributed by atoms with Crippen molar-refractivity contribution in [3.05, 3.63) is 0 Å². The molecule has 0 unspecified atom stereocenters. The largest absolute Gasteiger partial charge is 0.394 e. The van der Waals surface area contributed by atoms with E-state index in [2.05, 4.69) is 0 Å². The molecule has 5 fully saturated rings. The third-order valence-electron chi connectivity index (χ3n) is 9.27. The first kappa shape index (κ1) is 32.7. The fraction of sp³-hybridized carbons (Fsp3) is 1.00. The molecule has 0 amide bonds. The molecule has 0 bridgehead atoms. The normalized spacial score (nSPS) is 52.8. The Morgan fingerprint density at radius 3 is 1.95 bits per heavy atom.